The molecule has 1 N–H and O–H groups in total. The lowest BCUT2D eigenvalue weighted by atomic mass is 9.95. The molecule has 0 radical (unpaired) electrons. The smallest absolute Gasteiger partial charge is 0.227 e. The van der Waals surface area contributed by atoms with Crippen LogP contribution in [0.25, 0.3) is 0 Å². The number of anilines is 1. The number of benzene rings is 2. The number of pyridine rings is 1. The van der Waals surface area contributed by atoms with Crippen LogP contribution in [0.1, 0.15) is 24.0 Å². The molecule has 0 spiro atoms. The Kier molecular flexibility index (Phi) is 6.40. The molecule has 0 atom stereocenters. The number of hydrogen-bond acceptors (Lipinski definition) is 4. The summed E-state index contributed by atoms with van der Waals surface area (Å²) in [7, 11) is 0. The number of likely N-dealkylation sites (tertiary alicyclic amines) is 1. The Labute approximate surface area is 177 Å². The number of carbonyl (C=O) groups is 1. The van der Waals surface area contributed by atoms with Crippen LogP contribution in [0.5, 0.6) is 11.5 Å². The van der Waals surface area contributed by atoms with E-state index < -0.39 is 0 Å². The lowest BCUT2D eigenvalue weighted by molar-refractivity contribution is -0.121. The van der Waals surface area contributed by atoms with E-state index in [0.717, 1.165) is 38.2 Å². The third-order valence-corrected chi connectivity index (χ3v) is 5.48. The zero-order chi connectivity index (χ0) is 20.8. The third kappa shape index (κ3) is 5.45. The summed E-state index contributed by atoms with van der Waals surface area (Å²) in [6.45, 7) is 4.95. The van der Waals surface area contributed by atoms with E-state index >= 15 is 0 Å². The largest absolute Gasteiger partial charge is 0.456 e. The van der Waals surface area contributed by atoms with Crippen LogP contribution in [-0.2, 0) is 11.3 Å². The molecule has 1 aliphatic heterocycles. The first-order valence-corrected chi connectivity index (χ1v) is 10.4. The van der Waals surface area contributed by atoms with Crippen molar-refractivity contribution in [1.29, 1.82) is 0 Å². The minimum Gasteiger partial charge on any atom is -0.456 e. The Morgan fingerprint density at radius 3 is 2.43 bits per heavy atom. The summed E-state index contributed by atoms with van der Waals surface area (Å²) in [5, 5.41) is 3.05. The van der Waals surface area contributed by atoms with Gasteiger partial charge in [0, 0.05) is 24.3 Å². The molecule has 4 rings (SSSR count). The van der Waals surface area contributed by atoms with Gasteiger partial charge in [0.25, 0.3) is 0 Å². The highest BCUT2D eigenvalue weighted by molar-refractivity contribution is 5.92. The van der Waals surface area contributed by atoms with E-state index in [1.54, 1.807) is 12.4 Å². The minimum atomic E-state index is 0.0607. The van der Waals surface area contributed by atoms with Crippen molar-refractivity contribution >= 4 is 11.6 Å². The van der Waals surface area contributed by atoms with Crippen molar-refractivity contribution in [2.45, 2.75) is 26.3 Å². The lowest BCUT2D eigenvalue weighted by Crippen LogP contribution is -2.37. The number of carbonyl (C=O) groups excluding carboxylic acids is 1. The van der Waals surface area contributed by atoms with E-state index in [1.807, 2.05) is 36.4 Å². The molecule has 1 fully saturated rings. The van der Waals surface area contributed by atoms with E-state index in [2.05, 4.69) is 46.4 Å². The van der Waals surface area contributed by atoms with Crippen molar-refractivity contribution in [2.24, 2.45) is 5.92 Å². The Balaban J connectivity index is 1.25. The minimum absolute atomic E-state index is 0.0607. The van der Waals surface area contributed by atoms with Gasteiger partial charge in [-0.25, -0.2) is 0 Å². The highest BCUT2D eigenvalue weighted by Crippen LogP contribution is 2.24. The summed E-state index contributed by atoms with van der Waals surface area (Å²) in [6.07, 6.45) is 5.15. The van der Waals surface area contributed by atoms with Gasteiger partial charge in [-0.2, -0.15) is 0 Å². The van der Waals surface area contributed by atoms with Gasteiger partial charge in [-0.05, 0) is 74.8 Å². The van der Waals surface area contributed by atoms with E-state index in [-0.39, 0.29) is 11.8 Å². The molecule has 1 aromatic heterocycles. The quantitative estimate of drug-likeness (QED) is 0.629. The van der Waals surface area contributed by atoms with Crippen molar-refractivity contribution in [3.63, 3.8) is 0 Å². The van der Waals surface area contributed by atoms with Crippen LogP contribution < -0.4 is 10.1 Å². The SMILES string of the molecule is Cc1ccc(CN2CCC(C(=O)Nc3ccc(Oc4cccnc4)cc3)CC2)cc1. The number of nitrogens with one attached hydrogen (secondary N) is 1. The van der Waals surface area contributed by atoms with Gasteiger partial charge in [-0.15, -0.1) is 0 Å². The second-order valence-corrected chi connectivity index (χ2v) is 7.84. The molecule has 5 heteroatoms. The average Bonchev–Trinajstić information content (AvgIpc) is 2.78. The Morgan fingerprint density at radius 1 is 1.03 bits per heavy atom. The molecule has 2 aromatic carbocycles. The second kappa shape index (κ2) is 9.55. The second-order valence-electron chi connectivity index (χ2n) is 7.84. The van der Waals surface area contributed by atoms with Gasteiger partial charge in [0.1, 0.15) is 11.5 Å². The highest BCUT2D eigenvalue weighted by atomic mass is 16.5. The van der Waals surface area contributed by atoms with Gasteiger partial charge < -0.3 is 10.1 Å². The van der Waals surface area contributed by atoms with Crippen molar-refractivity contribution in [2.75, 3.05) is 18.4 Å². The Bertz CT molecular complexity index is 948. The lowest BCUT2D eigenvalue weighted by Gasteiger charge is -2.31. The van der Waals surface area contributed by atoms with Crippen LogP contribution in [0, 0.1) is 12.8 Å². The van der Waals surface area contributed by atoms with Crippen LogP contribution in [0.4, 0.5) is 5.69 Å². The fourth-order valence-electron chi connectivity index (χ4n) is 3.70. The first-order valence-electron chi connectivity index (χ1n) is 10.4. The van der Waals surface area contributed by atoms with Crippen LogP contribution in [0.15, 0.2) is 73.1 Å². The monoisotopic (exact) mass is 401 g/mol. The zero-order valence-corrected chi connectivity index (χ0v) is 17.3. The molecule has 0 saturated carbocycles. The number of amides is 1. The van der Waals surface area contributed by atoms with Gasteiger partial charge in [-0.1, -0.05) is 29.8 Å². The molecule has 154 valence electrons. The summed E-state index contributed by atoms with van der Waals surface area (Å²) in [4.78, 5) is 19.1. The molecule has 5 nitrogen and oxygen atoms in total. The van der Waals surface area contributed by atoms with Gasteiger partial charge in [0.15, 0.2) is 0 Å². The highest BCUT2D eigenvalue weighted by Gasteiger charge is 2.25. The summed E-state index contributed by atoms with van der Waals surface area (Å²) in [6, 6.07) is 19.8. The van der Waals surface area contributed by atoms with Crippen molar-refractivity contribution in [3.8, 4) is 11.5 Å². The van der Waals surface area contributed by atoms with Crippen LogP contribution >= 0.6 is 0 Å². The number of hydrogen-bond donors (Lipinski definition) is 1. The third-order valence-electron chi connectivity index (χ3n) is 5.48. The van der Waals surface area contributed by atoms with Crippen molar-refractivity contribution < 1.29 is 9.53 Å². The molecule has 0 unspecified atom stereocenters. The summed E-state index contributed by atoms with van der Waals surface area (Å²) >= 11 is 0. The molecule has 0 bridgehead atoms. The molecule has 1 amide bonds. The Morgan fingerprint density at radius 2 is 1.77 bits per heavy atom. The molecule has 0 aliphatic carbocycles. The number of piperidine rings is 1. The maximum Gasteiger partial charge on any atom is 0.227 e. The maximum atomic E-state index is 12.7. The molecular formula is C25H27N3O2. The number of aromatic nitrogens is 1. The van der Waals surface area contributed by atoms with Gasteiger partial charge in [0.2, 0.25) is 5.91 Å². The molecule has 1 aliphatic rings. The van der Waals surface area contributed by atoms with Crippen LogP contribution in [0.2, 0.25) is 0 Å². The van der Waals surface area contributed by atoms with E-state index in [0.29, 0.717) is 11.5 Å². The predicted octanol–water partition coefficient (Wildman–Crippen LogP) is 5.03. The van der Waals surface area contributed by atoms with Gasteiger partial charge >= 0.3 is 0 Å². The molecule has 2 heterocycles. The van der Waals surface area contributed by atoms with Crippen molar-refractivity contribution in [3.05, 3.63) is 84.2 Å². The first-order chi connectivity index (χ1) is 14.7. The van der Waals surface area contributed by atoms with Crippen LogP contribution in [0.3, 0.4) is 0 Å². The standard InChI is InChI=1S/C25H27N3O2/c1-19-4-6-20(7-5-19)18-28-15-12-21(13-16-28)25(29)27-22-8-10-23(11-9-22)30-24-3-2-14-26-17-24/h2-11,14,17,21H,12-13,15-16,18H2,1H3,(H,27,29). The molecule has 1 saturated heterocycles. The van der Waals surface area contributed by atoms with Crippen LogP contribution in [-0.4, -0.2) is 28.9 Å². The molecular weight excluding hydrogens is 374 g/mol. The normalized spacial score (nSPS) is 15.0. The molecule has 30 heavy (non-hydrogen) atoms. The molecule has 3 aromatic rings. The zero-order valence-electron chi connectivity index (χ0n) is 17.3. The van der Waals surface area contributed by atoms with Crippen molar-refractivity contribution in [1.82, 2.24) is 9.88 Å². The number of ether oxygens (including phenoxy) is 1. The number of rotatable bonds is 6. The maximum absolute atomic E-state index is 12.7. The fourth-order valence-corrected chi connectivity index (χ4v) is 3.70. The summed E-state index contributed by atoms with van der Waals surface area (Å²) in [5.41, 5.74) is 3.41. The van der Waals surface area contributed by atoms with E-state index in [9.17, 15) is 4.79 Å². The Hall–Kier alpha value is -3.18. The number of nitrogens with zero attached hydrogens (tertiary/aromatic N) is 2. The number of aryl methyl sites for hydroxylation is 1. The van der Waals surface area contributed by atoms with E-state index in [4.69, 9.17) is 4.74 Å². The summed E-state index contributed by atoms with van der Waals surface area (Å²) < 4.78 is 5.74. The van der Waals surface area contributed by atoms with E-state index in [1.165, 1.54) is 11.1 Å². The first kappa shape index (κ1) is 20.1. The van der Waals surface area contributed by atoms with Gasteiger partial charge in [0.05, 0.1) is 6.20 Å². The summed E-state index contributed by atoms with van der Waals surface area (Å²) in [5.74, 6) is 1.56. The topological polar surface area (TPSA) is 54.5 Å². The predicted molar refractivity (Wildman–Crippen MR) is 119 cm³/mol. The average molecular weight is 402 g/mol. The fraction of sp³-hybridized carbons (Fsp3) is 0.280. The van der Waals surface area contributed by atoms with Gasteiger partial charge in [-0.3, -0.25) is 14.7 Å².